The summed E-state index contributed by atoms with van der Waals surface area (Å²) in [6, 6.07) is 4.50. The molecule has 2 rings (SSSR count). The number of benzene rings is 1. The molecule has 0 radical (unpaired) electrons. The van der Waals surface area contributed by atoms with Gasteiger partial charge in [-0.05, 0) is 31.7 Å². The molecule has 1 aromatic carbocycles. The van der Waals surface area contributed by atoms with Crippen molar-refractivity contribution < 1.29 is 9.72 Å². The van der Waals surface area contributed by atoms with Gasteiger partial charge >= 0.3 is 0 Å². The van der Waals surface area contributed by atoms with Crippen LogP contribution in [0.2, 0.25) is 0 Å². The summed E-state index contributed by atoms with van der Waals surface area (Å²) in [6.07, 6.45) is 2.65. The van der Waals surface area contributed by atoms with Crippen LogP contribution in [0, 0.1) is 17.0 Å². The Hall–Kier alpha value is -1.62. The number of nitrogens with one attached hydrogen (secondary N) is 1. The first-order valence-electron chi connectivity index (χ1n) is 6.19. The minimum atomic E-state index is -0.533. The van der Waals surface area contributed by atoms with Gasteiger partial charge in [-0.25, -0.2) is 0 Å². The highest BCUT2D eigenvalue weighted by atomic mass is 35.5. The highest BCUT2D eigenvalue weighted by molar-refractivity contribution is 6.21. The number of carbonyl (C=O) groups is 1. The normalized spacial score (nSPS) is 22.2. The van der Waals surface area contributed by atoms with Crippen molar-refractivity contribution in [3.63, 3.8) is 0 Å². The zero-order valence-corrected chi connectivity index (χ0v) is 11.3. The fourth-order valence-electron chi connectivity index (χ4n) is 2.42. The lowest BCUT2D eigenvalue weighted by atomic mass is 10.1. The number of hydrogen-bond donors (Lipinski definition) is 1. The Labute approximate surface area is 116 Å². The number of aryl methyl sites for hydroxylation is 1. The largest absolute Gasteiger partial charge is 0.348 e. The van der Waals surface area contributed by atoms with Crippen molar-refractivity contribution >= 4 is 23.2 Å². The molecule has 0 heterocycles. The molecular weight excluding hydrogens is 268 g/mol. The molecule has 1 fully saturated rings. The second-order valence-corrected chi connectivity index (χ2v) is 5.31. The summed E-state index contributed by atoms with van der Waals surface area (Å²) >= 11 is 6.10. The number of rotatable bonds is 3. The van der Waals surface area contributed by atoms with Crippen LogP contribution < -0.4 is 5.32 Å². The Morgan fingerprint density at radius 1 is 1.47 bits per heavy atom. The van der Waals surface area contributed by atoms with E-state index in [1.54, 1.807) is 19.1 Å². The molecule has 0 saturated heterocycles. The van der Waals surface area contributed by atoms with Crippen molar-refractivity contribution in [1.82, 2.24) is 5.32 Å². The molecule has 0 aliphatic heterocycles. The second kappa shape index (κ2) is 5.57. The van der Waals surface area contributed by atoms with Crippen LogP contribution in [0.25, 0.3) is 0 Å². The SMILES string of the molecule is Cc1cccc([N+](=O)[O-])c1C(=O)NC1CCCC1Cl. The Morgan fingerprint density at radius 2 is 2.21 bits per heavy atom. The molecule has 19 heavy (non-hydrogen) atoms. The van der Waals surface area contributed by atoms with E-state index in [0.29, 0.717) is 5.56 Å². The summed E-state index contributed by atoms with van der Waals surface area (Å²) in [5.41, 5.74) is 0.556. The molecular formula is C13H15ClN2O3. The summed E-state index contributed by atoms with van der Waals surface area (Å²) in [5, 5.41) is 13.7. The number of carbonyl (C=O) groups excluding carboxylic acids is 1. The first kappa shape index (κ1) is 13.8. The quantitative estimate of drug-likeness (QED) is 0.526. The third kappa shape index (κ3) is 2.87. The van der Waals surface area contributed by atoms with Gasteiger partial charge in [-0.15, -0.1) is 11.6 Å². The first-order valence-corrected chi connectivity index (χ1v) is 6.63. The van der Waals surface area contributed by atoms with E-state index in [-0.39, 0.29) is 22.7 Å². The fourth-order valence-corrected chi connectivity index (χ4v) is 2.76. The van der Waals surface area contributed by atoms with Gasteiger partial charge in [0.05, 0.1) is 10.3 Å². The molecule has 1 N–H and O–H groups in total. The van der Waals surface area contributed by atoms with E-state index in [0.717, 1.165) is 19.3 Å². The first-order chi connectivity index (χ1) is 9.00. The monoisotopic (exact) mass is 282 g/mol. The van der Waals surface area contributed by atoms with E-state index in [2.05, 4.69) is 5.32 Å². The van der Waals surface area contributed by atoms with Gasteiger partial charge in [0.2, 0.25) is 0 Å². The molecule has 1 aliphatic carbocycles. The van der Waals surface area contributed by atoms with E-state index < -0.39 is 10.8 Å². The third-order valence-electron chi connectivity index (χ3n) is 3.42. The average Bonchev–Trinajstić information content (AvgIpc) is 2.74. The van der Waals surface area contributed by atoms with Crippen LogP contribution in [0.4, 0.5) is 5.69 Å². The fraction of sp³-hybridized carbons (Fsp3) is 0.462. The van der Waals surface area contributed by atoms with Crippen LogP contribution >= 0.6 is 11.6 Å². The zero-order valence-electron chi connectivity index (χ0n) is 10.6. The minimum absolute atomic E-state index is 0.0907. The Bertz CT molecular complexity index is 519. The lowest BCUT2D eigenvalue weighted by molar-refractivity contribution is -0.385. The van der Waals surface area contributed by atoms with Crippen LogP contribution in [0.1, 0.15) is 35.2 Å². The average molecular weight is 283 g/mol. The molecule has 1 aromatic rings. The molecule has 6 heteroatoms. The van der Waals surface area contributed by atoms with Crippen molar-refractivity contribution in [2.75, 3.05) is 0 Å². The van der Waals surface area contributed by atoms with E-state index in [1.165, 1.54) is 6.07 Å². The molecule has 2 atom stereocenters. The minimum Gasteiger partial charge on any atom is -0.348 e. The maximum absolute atomic E-state index is 12.2. The van der Waals surface area contributed by atoms with Crippen molar-refractivity contribution in [2.45, 2.75) is 37.6 Å². The van der Waals surface area contributed by atoms with Gasteiger partial charge in [-0.3, -0.25) is 14.9 Å². The number of nitro groups is 1. The van der Waals surface area contributed by atoms with Gasteiger partial charge in [-0.2, -0.15) is 0 Å². The molecule has 1 aliphatic rings. The molecule has 2 unspecified atom stereocenters. The van der Waals surface area contributed by atoms with Crippen molar-refractivity contribution in [3.05, 3.63) is 39.4 Å². The predicted octanol–water partition coefficient (Wildman–Crippen LogP) is 2.79. The van der Waals surface area contributed by atoms with Crippen molar-refractivity contribution in [3.8, 4) is 0 Å². The summed E-state index contributed by atoms with van der Waals surface area (Å²) in [5.74, 6) is -0.414. The van der Waals surface area contributed by atoms with E-state index in [9.17, 15) is 14.9 Å². The lowest BCUT2D eigenvalue weighted by Gasteiger charge is -2.16. The molecule has 102 valence electrons. The van der Waals surface area contributed by atoms with Gasteiger partial charge < -0.3 is 5.32 Å². The second-order valence-electron chi connectivity index (χ2n) is 4.75. The van der Waals surface area contributed by atoms with E-state index >= 15 is 0 Å². The summed E-state index contributed by atoms with van der Waals surface area (Å²) in [4.78, 5) is 22.7. The number of amides is 1. The van der Waals surface area contributed by atoms with Crippen LogP contribution in [0.15, 0.2) is 18.2 Å². The Morgan fingerprint density at radius 3 is 2.79 bits per heavy atom. The third-order valence-corrected chi connectivity index (χ3v) is 3.95. The molecule has 0 aromatic heterocycles. The number of halogens is 1. The summed E-state index contributed by atoms with van der Waals surface area (Å²) < 4.78 is 0. The Balaban J connectivity index is 2.25. The topological polar surface area (TPSA) is 72.2 Å². The molecule has 0 bridgehead atoms. The van der Waals surface area contributed by atoms with Gasteiger partial charge in [0, 0.05) is 12.1 Å². The molecule has 1 saturated carbocycles. The highest BCUT2D eigenvalue weighted by Crippen LogP contribution is 2.26. The molecule has 0 spiro atoms. The van der Waals surface area contributed by atoms with E-state index in [1.807, 2.05) is 0 Å². The van der Waals surface area contributed by atoms with Crippen LogP contribution in [0.3, 0.4) is 0 Å². The zero-order chi connectivity index (χ0) is 14.0. The van der Waals surface area contributed by atoms with Gasteiger partial charge in [0.15, 0.2) is 0 Å². The summed E-state index contributed by atoms with van der Waals surface area (Å²) in [6.45, 7) is 1.69. The number of alkyl halides is 1. The van der Waals surface area contributed by atoms with Gasteiger partial charge in [0.1, 0.15) is 5.56 Å². The van der Waals surface area contributed by atoms with Crippen molar-refractivity contribution in [1.29, 1.82) is 0 Å². The molecule has 5 nitrogen and oxygen atoms in total. The number of nitro benzene ring substituents is 1. The lowest BCUT2D eigenvalue weighted by Crippen LogP contribution is -2.38. The smallest absolute Gasteiger partial charge is 0.282 e. The number of nitrogens with zero attached hydrogens (tertiary/aromatic N) is 1. The maximum atomic E-state index is 12.2. The van der Waals surface area contributed by atoms with Gasteiger partial charge in [-0.1, -0.05) is 12.1 Å². The number of hydrogen-bond acceptors (Lipinski definition) is 3. The highest BCUT2D eigenvalue weighted by Gasteiger charge is 2.29. The van der Waals surface area contributed by atoms with Gasteiger partial charge in [0.25, 0.3) is 11.6 Å². The molecule has 1 amide bonds. The maximum Gasteiger partial charge on any atom is 0.282 e. The van der Waals surface area contributed by atoms with Crippen LogP contribution in [-0.2, 0) is 0 Å². The van der Waals surface area contributed by atoms with E-state index in [4.69, 9.17) is 11.6 Å². The standard InChI is InChI=1S/C13H15ClN2O3/c1-8-4-2-7-11(16(18)19)12(8)13(17)15-10-6-3-5-9(10)14/h2,4,7,9-10H,3,5-6H2,1H3,(H,15,17). The summed E-state index contributed by atoms with van der Waals surface area (Å²) in [7, 11) is 0. The van der Waals surface area contributed by atoms with Crippen LogP contribution in [0.5, 0.6) is 0 Å². The Kier molecular flexibility index (Phi) is 4.04. The predicted molar refractivity (Wildman–Crippen MR) is 72.6 cm³/mol. The van der Waals surface area contributed by atoms with Crippen molar-refractivity contribution in [2.24, 2.45) is 0 Å². The van der Waals surface area contributed by atoms with Crippen LogP contribution in [-0.4, -0.2) is 22.2 Å².